The third-order valence-corrected chi connectivity index (χ3v) is 2.20. The van der Waals surface area contributed by atoms with E-state index in [4.69, 9.17) is 10.5 Å². The number of carbonyl (C=O) groups excluding carboxylic acids is 2. The van der Waals surface area contributed by atoms with Gasteiger partial charge in [-0.05, 0) is 7.05 Å². The van der Waals surface area contributed by atoms with Gasteiger partial charge in [0.2, 0.25) is 5.91 Å². The Labute approximate surface area is 94.3 Å². The van der Waals surface area contributed by atoms with Crippen LogP contribution in [0.2, 0.25) is 0 Å². The van der Waals surface area contributed by atoms with E-state index in [1.807, 2.05) is 5.32 Å². The van der Waals surface area contributed by atoms with Crippen molar-refractivity contribution in [2.75, 3.05) is 39.8 Å². The van der Waals surface area contributed by atoms with Gasteiger partial charge in [0, 0.05) is 19.6 Å². The number of urea groups is 1. The Morgan fingerprint density at radius 3 is 2.94 bits per heavy atom. The number of imide groups is 1. The highest BCUT2D eigenvalue weighted by Crippen LogP contribution is 1.98. The van der Waals surface area contributed by atoms with E-state index in [1.54, 1.807) is 11.9 Å². The van der Waals surface area contributed by atoms with E-state index in [9.17, 15) is 9.59 Å². The summed E-state index contributed by atoms with van der Waals surface area (Å²) >= 11 is 0. The van der Waals surface area contributed by atoms with Gasteiger partial charge in [-0.3, -0.25) is 15.0 Å². The quantitative estimate of drug-likeness (QED) is 0.524. The van der Waals surface area contributed by atoms with Crippen LogP contribution in [0.3, 0.4) is 0 Å². The number of morpholine rings is 1. The molecule has 0 bridgehead atoms. The summed E-state index contributed by atoms with van der Waals surface area (Å²) in [5.74, 6) is -0.404. The standard InChI is InChI=1S/C9H18N4O3/c1-13(6-8(14)12-9(10)15)5-7-4-11-2-3-16-7/h7,11H,2-6H2,1H3,(H3,10,12,14,15). The molecule has 1 unspecified atom stereocenters. The van der Waals surface area contributed by atoms with Crippen molar-refractivity contribution < 1.29 is 14.3 Å². The van der Waals surface area contributed by atoms with E-state index in [-0.39, 0.29) is 12.6 Å². The molecule has 0 radical (unpaired) electrons. The molecular weight excluding hydrogens is 212 g/mol. The largest absolute Gasteiger partial charge is 0.374 e. The number of ether oxygens (including phenoxy) is 1. The van der Waals surface area contributed by atoms with Crippen molar-refractivity contribution >= 4 is 11.9 Å². The van der Waals surface area contributed by atoms with Crippen LogP contribution in [-0.4, -0.2) is 62.8 Å². The molecule has 3 amide bonds. The molecule has 0 aromatic heterocycles. The summed E-state index contributed by atoms with van der Waals surface area (Å²) < 4.78 is 5.48. The van der Waals surface area contributed by atoms with E-state index in [2.05, 4.69) is 5.32 Å². The predicted octanol–water partition coefficient (Wildman–Crippen LogP) is -1.90. The summed E-state index contributed by atoms with van der Waals surface area (Å²) in [6.07, 6.45) is 0.0835. The molecular formula is C9H18N4O3. The number of hydrogen-bond acceptors (Lipinski definition) is 5. The first-order valence-electron chi connectivity index (χ1n) is 5.18. The van der Waals surface area contributed by atoms with E-state index in [0.29, 0.717) is 13.2 Å². The van der Waals surface area contributed by atoms with Gasteiger partial charge in [0.15, 0.2) is 0 Å². The van der Waals surface area contributed by atoms with Gasteiger partial charge >= 0.3 is 6.03 Å². The number of nitrogens with two attached hydrogens (primary N) is 1. The summed E-state index contributed by atoms with van der Waals surface area (Å²) in [5, 5.41) is 5.21. The molecule has 1 aliphatic rings. The second kappa shape index (κ2) is 6.41. The molecule has 0 saturated carbocycles. The molecule has 92 valence electrons. The third kappa shape index (κ3) is 5.06. The van der Waals surface area contributed by atoms with Crippen LogP contribution in [0.5, 0.6) is 0 Å². The van der Waals surface area contributed by atoms with Crippen molar-refractivity contribution in [2.24, 2.45) is 5.73 Å². The number of carbonyl (C=O) groups is 2. The van der Waals surface area contributed by atoms with Crippen molar-refractivity contribution in [1.82, 2.24) is 15.5 Å². The summed E-state index contributed by atoms with van der Waals surface area (Å²) in [7, 11) is 1.79. The molecule has 7 heteroatoms. The zero-order valence-electron chi connectivity index (χ0n) is 9.36. The summed E-state index contributed by atoms with van der Waals surface area (Å²) in [5.41, 5.74) is 4.83. The number of hydrogen-bond donors (Lipinski definition) is 3. The first kappa shape index (κ1) is 12.9. The second-order valence-electron chi connectivity index (χ2n) is 3.81. The predicted molar refractivity (Wildman–Crippen MR) is 57.8 cm³/mol. The maximum atomic E-state index is 11.2. The monoisotopic (exact) mass is 230 g/mol. The Hall–Kier alpha value is -1.18. The van der Waals surface area contributed by atoms with Gasteiger partial charge in [0.05, 0.1) is 19.3 Å². The van der Waals surface area contributed by atoms with Gasteiger partial charge in [0.1, 0.15) is 0 Å². The molecule has 1 heterocycles. The van der Waals surface area contributed by atoms with Crippen LogP contribution in [0.1, 0.15) is 0 Å². The highest BCUT2D eigenvalue weighted by Gasteiger charge is 2.17. The normalized spacial score (nSPS) is 20.8. The van der Waals surface area contributed by atoms with Crippen molar-refractivity contribution in [1.29, 1.82) is 0 Å². The Balaban J connectivity index is 2.21. The van der Waals surface area contributed by atoms with Gasteiger partial charge in [-0.1, -0.05) is 0 Å². The van der Waals surface area contributed by atoms with Gasteiger partial charge < -0.3 is 15.8 Å². The zero-order valence-corrected chi connectivity index (χ0v) is 9.36. The number of nitrogens with zero attached hydrogens (tertiary/aromatic N) is 1. The van der Waals surface area contributed by atoms with Gasteiger partial charge in [-0.25, -0.2) is 4.79 Å². The van der Waals surface area contributed by atoms with Gasteiger partial charge in [-0.2, -0.15) is 0 Å². The lowest BCUT2D eigenvalue weighted by molar-refractivity contribution is -0.121. The lowest BCUT2D eigenvalue weighted by atomic mass is 10.3. The highest BCUT2D eigenvalue weighted by molar-refractivity contribution is 5.94. The molecule has 0 aromatic rings. The Kier molecular flexibility index (Phi) is 5.17. The smallest absolute Gasteiger partial charge is 0.318 e. The van der Waals surface area contributed by atoms with Crippen LogP contribution in [0.25, 0.3) is 0 Å². The van der Waals surface area contributed by atoms with Gasteiger partial charge in [0.25, 0.3) is 0 Å². The molecule has 7 nitrogen and oxygen atoms in total. The van der Waals surface area contributed by atoms with Crippen LogP contribution < -0.4 is 16.4 Å². The summed E-state index contributed by atoms with van der Waals surface area (Å²) in [4.78, 5) is 23.4. The lowest BCUT2D eigenvalue weighted by Crippen LogP contribution is -2.47. The van der Waals surface area contributed by atoms with E-state index in [1.165, 1.54) is 0 Å². The molecule has 0 spiro atoms. The molecule has 1 rings (SSSR count). The van der Waals surface area contributed by atoms with Gasteiger partial charge in [-0.15, -0.1) is 0 Å². The molecule has 1 aliphatic heterocycles. The van der Waals surface area contributed by atoms with Crippen molar-refractivity contribution in [3.63, 3.8) is 0 Å². The van der Waals surface area contributed by atoms with Crippen molar-refractivity contribution in [3.8, 4) is 0 Å². The summed E-state index contributed by atoms with van der Waals surface area (Å²) in [6.45, 7) is 3.10. The third-order valence-electron chi connectivity index (χ3n) is 2.20. The minimum Gasteiger partial charge on any atom is -0.374 e. The number of amides is 3. The average molecular weight is 230 g/mol. The molecule has 0 aromatic carbocycles. The highest BCUT2D eigenvalue weighted by atomic mass is 16.5. The lowest BCUT2D eigenvalue weighted by Gasteiger charge is -2.27. The van der Waals surface area contributed by atoms with Crippen LogP contribution in [-0.2, 0) is 9.53 Å². The molecule has 0 aliphatic carbocycles. The van der Waals surface area contributed by atoms with Crippen molar-refractivity contribution in [2.45, 2.75) is 6.10 Å². The first-order valence-corrected chi connectivity index (χ1v) is 5.18. The fourth-order valence-electron chi connectivity index (χ4n) is 1.57. The van der Waals surface area contributed by atoms with Crippen LogP contribution in [0.15, 0.2) is 0 Å². The molecule has 4 N–H and O–H groups in total. The topological polar surface area (TPSA) is 96.7 Å². The SMILES string of the molecule is CN(CC(=O)NC(N)=O)CC1CNCCO1. The maximum Gasteiger partial charge on any atom is 0.318 e. The van der Waals surface area contributed by atoms with E-state index < -0.39 is 11.9 Å². The maximum absolute atomic E-state index is 11.2. The first-order chi connectivity index (χ1) is 7.58. The molecule has 1 saturated heterocycles. The minimum absolute atomic E-state index is 0.0835. The second-order valence-corrected chi connectivity index (χ2v) is 3.81. The van der Waals surface area contributed by atoms with Crippen LogP contribution in [0, 0.1) is 0 Å². The number of nitrogens with one attached hydrogen (secondary N) is 2. The van der Waals surface area contributed by atoms with E-state index in [0.717, 1.165) is 13.1 Å². The number of rotatable bonds is 4. The molecule has 16 heavy (non-hydrogen) atoms. The van der Waals surface area contributed by atoms with Crippen molar-refractivity contribution in [3.05, 3.63) is 0 Å². The summed E-state index contributed by atoms with van der Waals surface area (Å²) in [6, 6.07) is -0.825. The fourth-order valence-corrected chi connectivity index (χ4v) is 1.57. The minimum atomic E-state index is -0.825. The van der Waals surface area contributed by atoms with Crippen LogP contribution >= 0.6 is 0 Å². The molecule has 1 atom stereocenters. The Morgan fingerprint density at radius 2 is 2.38 bits per heavy atom. The molecule has 1 fully saturated rings. The Morgan fingerprint density at radius 1 is 1.62 bits per heavy atom. The Bertz CT molecular complexity index is 253. The van der Waals surface area contributed by atoms with E-state index >= 15 is 0 Å². The zero-order chi connectivity index (χ0) is 12.0. The number of primary amides is 1. The van der Waals surface area contributed by atoms with Crippen LogP contribution in [0.4, 0.5) is 4.79 Å². The average Bonchev–Trinajstić information content (AvgIpc) is 2.17. The fraction of sp³-hybridized carbons (Fsp3) is 0.778. The number of likely N-dealkylation sites (N-methyl/N-ethyl adjacent to an activating group) is 1.